The molecule has 1 aromatic carbocycles. The Morgan fingerprint density at radius 2 is 1.48 bits per heavy atom. The van der Waals surface area contributed by atoms with E-state index in [1.807, 2.05) is 13.8 Å². The molecule has 0 bridgehead atoms. The van der Waals surface area contributed by atoms with Gasteiger partial charge in [0.2, 0.25) is 0 Å². The van der Waals surface area contributed by atoms with Crippen molar-refractivity contribution in [3.63, 3.8) is 0 Å². The minimum atomic E-state index is -0.699. The first kappa shape index (κ1) is 21.7. The summed E-state index contributed by atoms with van der Waals surface area (Å²) in [6, 6.07) is 2.36. The van der Waals surface area contributed by atoms with Crippen LogP contribution in [0.4, 0.5) is 0 Å². The minimum absolute atomic E-state index is 0.375. The molecule has 1 rings (SSSR count). The second-order valence-corrected chi connectivity index (χ2v) is 9.54. The van der Waals surface area contributed by atoms with Crippen LogP contribution < -0.4 is 0 Å². The molecule has 0 radical (unpaired) electrons. The van der Waals surface area contributed by atoms with Gasteiger partial charge in [-0.3, -0.25) is 4.79 Å². The SMILES string of the molecule is Cc1cc(CCCC(C)(C)C)c(CCCC(C)(C)C(=O)O)c(C)c1C. The van der Waals surface area contributed by atoms with E-state index in [0.29, 0.717) is 5.41 Å². The first-order valence-corrected chi connectivity index (χ1v) is 9.67. The topological polar surface area (TPSA) is 37.3 Å². The van der Waals surface area contributed by atoms with Crippen molar-refractivity contribution < 1.29 is 9.90 Å². The summed E-state index contributed by atoms with van der Waals surface area (Å²) in [5.41, 5.74) is 6.82. The van der Waals surface area contributed by atoms with Gasteiger partial charge in [0.15, 0.2) is 0 Å². The molecular weight excluding hydrogens is 308 g/mol. The van der Waals surface area contributed by atoms with Gasteiger partial charge in [-0.25, -0.2) is 0 Å². The van der Waals surface area contributed by atoms with Crippen molar-refractivity contribution in [1.82, 2.24) is 0 Å². The van der Waals surface area contributed by atoms with Crippen LogP contribution in [0.1, 0.15) is 88.1 Å². The third-order valence-electron chi connectivity index (χ3n) is 5.57. The number of benzene rings is 1. The zero-order chi connectivity index (χ0) is 19.4. The van der Waals surface area contributed by atoms with Gasteiger partial charge in [0.05, 0.1) is 5.41 Å². The summed E-state index contributed by atoms with van der Waals surface area (Å²) in [4.78, 5) is 11.3. The Morgan fingerprint density at radius 1 is 0.920 bits per heavy atom. The Kier molecular flexibility index (Phi) is 7.28. The normalized spacial score (nSPS) is 12.5. The van der Waals surface area contributed by atoms with Crippen LogP contribution in [0.3, 0.4) is 0 Å². The van der Waals surface area contributed by atoms with Gasteiger partial charge in [0.1, 0.15) is 0 Å². The molecule has 0 aliphatic heterocycles. The van der Waals surface area contributed by atoms with Crippen molar-refractivity contribution in [2.45, 2.75) is 93.9 Å². The molecule has 1 aromatic rings. The maximum absolute atomic E-state index is 11.3. The van der Waals surface area contributed by atoms with E-state index in [0.717, 1.165) is 25.7 Å². The fourth-order valence-corrected chi connectivity index (χ4v) is 3.41. The van der Waals surface area contributed by atoms with E-state index < -0.39 is 11.4 Å². The van der Waals surface area contributed by atoms with Crippen LogP contribution in [0, 0.1) is 31.6 Å². The number of carboxylic acid groups (broad SMARTS) is 1. The predicted octanol–water partition coefficient (Wildman–Crippen LogP) is 6.41. The Balaban J connectivity index is 2.92. The summed E-state index contributed by atoms with van der Waals surface area (Å²) < 4.78 is 0. The first-order valence-electron chi connectivity index (χ1n) is 9.67. The monoisotopic (exact) mass is 346 g/mol. The quantitative estimate of drug-likeness (QED) is 0.590. The largest absolute Gasteiger partial charge is 0.481 e. The molecule has 0 atom stereocenters. The van der Waals surface area contributed by atoms with Crippen molar-refractivity contribution in [2.75, 3.05) is 0 Å². The van der Waals surface area contributed by atoms with Crippen molar-refractivity contribution in [1.29, 1.82) is 0 Å². The van der Waals surface area contributed by atoms with Gasteiger partial charge in [-0.15, -0.1) is 0 Å². The van der Waals surface area contributed by atoms with Crippen LogP contribution in [0.25, 0.3) is 0 Å². The Morgan fingerprint density at radius 3 is 2.00 bits per heavy atom. The lowest BCUT2D eigenvalue weighted by Crippen LogP contribution is -2.23. The van der Waals surface area contributed by atoms with Gasteiger partial charge >= 0.3 is 5.97 Å². The summed E-state index contributed by atoms with van der Waals surface area (Å²) in [5.74, 6) is -0.699. The van der Waals surface area contributed by atoms with Crippen LogP contribution >= 0.6 is 0 Å². The highest BCUT2D eigenvalue weighted by atomic mass is 16.4. The van der Waals surface area contributed by atoms with Gasteiger partial charge in [0.25, 0.3) is 0 Å². The van der Waals surface area contributed by atoms with Crippen LogP contribution in [0.5, 0.6) is 0 Å². The van der Waals surface area contributed by atoms with E-state index in [9.17, 15) is 9.90 Å². The van der Waals surface area contributed by atoms with Crippen LogP contribution in [-0.4, -0.2) is 11.1 Å². The summed E-state index contributed by atoms with van der Waals surface area (Å²) in [7, 11) is 0. The fraction of sp³-hybridized carbons (Fsp3) is 0.696. The Hall–Kier alpha value is -1.31. The molecule has 0 unspecified atom stereocenters. The molecule has 2 nitrogen and oxygen atoms in total. The summed E-state index contributed by atoms with van der Waals surface area (Å²) >= 11 is 0. The standard InChI is InChI=1S/C23H38O2/c1-16-15-19(11-9-13-22(4,5)6)20(18(3)17(16)2)12-10-14-23(7,8)21(24)25/h15H,9-14H2,1-8H3,(H,24,25). The molecule has 1 N–H and O–H groups in total. The highest BCUT2D eigenvalue weighted by Gasteiger charge is 2.26. The molecule has 25 heavy (non-hydrogen) atoms. The van der Waals surface area contributed by atoms with Gasteiger partial charge in [-0.2, -0.15) is 0 Å². The zero-order valence-electron chi connectivity index (χ0n) is 17.7. The smallest absolute Gasteiger partial charge is 0.309 e. The van der Waals surface area contributed by atoms with E-state index >= 15 is 0 Å². The number of aliphatic carboxylic acids is 1. The number of carboxylic acids is 1. The maximum atomic E-state index is 11.3. The van der Waals surface area contributed by atoms with Gasteiger partial charge < -0.3 is 5.11 Å². The van der Waals surface area contributed by atoms with Gasteiger partial charge in [-0.1, -0.05) is 26.8 Å². The highest BCUT2D eigenvalue weighted by molar-refractivity contribution is 5.73. The number of aryl methyl sites for hydroxylation is 2. The summed E-state index contributed by atoms with van der Waals surface area (Å²) in [5, 5.41) is 9.32. The third-order valence-corrected chi connectivity index (χ3v) is 5.57. The van der Waals surface area contributed by atoms with Crippen molar-refractivity contribution in [3.05, 3.63) is 33.9 Å². The fourth-order valence-electron chi connectivity index (χ4n) is 3.41. The highest BCUT2D eigenvalue weighted by Crippen LogP contribution is 2.29. The summed E-state index contributed by atoms with van der Waals surface area (Å²) in [6.45, 7) is 17.2. The number of hydrogen-bond acceptors (Lipinski definition) is 1. The molecule has 0 aliphatic rings. The van der Waals surface area contributed by atoms with Crippen LogP contribution in [0.15, 0.2) is 6.07 Å². The molecule has 0 aromatic heterocycles. The van der Waals surface area contributed by atoms with Crippen molar-refractivity contribution in [2.24, 2.45) is 10.8 Å². The lowest BCUT2D eigenvalue weighted by Gasteiger charge is -2.22. The molecule has 0 aliphatic carbocycles. The predicted molar refractivity (Wildman–Crippen MR) is 107 cm³/mol. The second-order valence-electron chi connectivity index (χ2n) is 9.54. The first-order chi connectivity index (χ1) is 11.3. The third kappa shape index (κ3) is 6.49. The lowest BCUT2D eigenvalue weighted by molar-refractivity contribution is -0.147. The van der Waals surface area contributed by atoms with Gasteiger partial charge in [0, 0.05) is 0 Å². The molecular formula is C23H38O2. The lowest BCUT2D eigenvalue weighted by atomic mass is 9.83. The molecule has 0 spiro atoms. The van der Waals surface area contributed by atoms with Crippen molar-refractivity contribution >= 4 is 5.97 Å². The molecule has 0 amide bonds. The van der Waals surface area contributed by atoms with E-state index in [4.69, 9.17) is 0 Å². The van der Waals surface area contributed by atoms with Crippen LogP contribution in [-0.2, 0) is 17.6 Å². The number of carbonyl (C=O) groups is 1. The van der Waals surface area contributed by atoms with E-state index in [2.05, 4.69) is 47.6 Å². The van der Waals surface area contributed by atoms with Crippen molar-refractivity contribution in [3.8, 4) is 0 Å². The minimum Gasteiger partial charge on any atom is -0.481 e. The number of rotatable bonds is 8. The van der Waals surface area contributed by atoms with E-state index in [-0.39, 0.29) is 0 Å². The Labute approximate surface area is 155 Å². The van der Waals surface area contributed by atoms with Gasteiger partial charge in [-0.05, 0) is 106 Å². The second kappa shape index (κ2) is 8.38. The molecule has 2 heteroatoms. The zero-order valence-corrected chi connectivity index (χ0v) is 17.7. The molecule has 0 saturated carbocycles. The molecule has 0 saturated heterocycles. The van der Waals surface area contributed by atoms with Crippen LogP contribution in [0.2, 0.25) is 0 Å². The van der Waals surface area contributed by atoms with E-state index in [1.165, 1.54) is 40.7 Å². The average Bonchev–Trinajstić information content (AvgIpc) is 2.46. The average molecular weight is 347 g/mol. The van der Waals surface area contributed by atoms with E-state index in [1.54, 1.807) is 0 Å². The Bertz CT molecular complexity index is 603. The molecule has 0 fully saturated rings. The maximum Gasteiger partial charge on any atom is 0.309 e. The molecule has 0 heterocycles. The summed E-state index contributed by atoms with van der Waals surface area (Å²) in [6.07, 6.45) is 6.18. The number of hydrogen-bond donors (Lipinski definition) is 1. The molecule has 142 valence electrons.